The molecule has 7 rings (SSSR count). The van der Waals surface area contributed by atoms with Crippen LogP contribution in [-0.2, 0) is 25.8 Å². The number of rotatable bonds is 10. The van der Waals surface area contributed by atoms with E-state index in [2.05, 4.69) is 5.32 Å². The highest BCUT2D eigenvalue weighted by Gasteiger charge is 2.25. The Bertz CT molecular complexity index is 2320. The molecule has 0 unspecified atom stereocenters. The number of thiophene rings is 1. The topological polar surface area (TPSA) is 126 Å². The molecule has 0 radical (unpaired) electrons. The number of nitrogens with one attached hydrogen (secondary N) is 1. The third-order valence-corrected chi connectivity index (χ3v) is 11.0. The molecule has 2 heterocycles. The maximum Gasteiger partial charge on any atom is 0.284 e. The van der Waals surface area contributed by atoms with Gasteiger partial charge in [0, 0.05) is 28.7 Å². The van der Waals surface area contributed by atoms with Gasteiger partial charge in [-0.3, -0.25) is 24.3 Å². The molecule has 10 nitrogen and oxygen atoms in total. The van der Waals surface area contributed by atoms with E-state index in [1.165, 1.54) is 22.3 Å². The van der Waals surface area contributed by atoms with E-state index in [9.17, 15) is 19.7 Å². The van der Waals surface area contributed by atoms with E-state index >= 15 is 0 Å². The van der Waals surface area contributed by atoms with Crippen molar-refractivity contribution in [3.8, 4) is 11.5 Å². The van der Waals surface area contributed by atoms with E-state index in [1.807, 2.05) is 54.6 Å². The quantitative estimate of drug-likeness (QED) is 0.0868. The number of hydrogen-bond donors (Lipinski definition) is 1. The van der Waals surface area contributed by atoms with E-state index < -0.39 is 10.8 Å². The summed E-state index contributed by atoms with van der Waals surface area (Å²) < 4.78 is 12.5. The molecular formula is C37H32N4O6S2. The molecule has 4 aromatic carbocycles. The highest BCUT2D eigenvalue weighted by atomic mass is 32.2. The molecule has 1 amide bonds. The molecule has 0 bridgehead atoms. The summed E-state index contributed by atoms with van der Waals surface area (Å²) in [7, 11) is 3.15. The molecule has 1 aliphatic rings. The summed E-state index contributed by atoms with van der Waals surface area (Å²) in [4.78, 5) is 46.4. The maximum absolute atomic E-state index is 14.2. The fourth-order valence-electron chi connectivity index (χ4n) is 6.23. The Morgan fingerprint density at radius 3 is 2.57 bits per heavy atom. The van der Waals surface area contributed by atoms with Crippen molar-refractivity contribution in [2.45, 2.75) is 48.7 Å². The second kappa shape index (κ2) is 13.7. The number of hydrogen-bond acceptors (Lipinski definition) is 9. The summed E-state index contributed by atoms with van der Waals surface area (Å²) in [6.07, 6.45) is 4.33. The summed E-state index contributed by atoms with van der Waals surface area (Å²) in [5.41, 5.74) is 2.33. The molecule has 0 saturated heterocycles. The van der Waals surface area contributed by atoms with Crippen LogP contribution in [0.2, 0.25) is 0 Å². The number of nitro benzene ring substituents is 1. The Labute approximate surface area is 289 Å². The SMILES string of the molecule is COc1ccc(CCn2c(Sc3ccc(C(=O)Nc4ccc5ccccc5c4)cc3[N+](=O)[O-])nc3sc4c(c3c2=O)CCCC4)cc1OC. The van der Waals surface area contributed by atoms with Crippen molar-refractivity contribution in [3.63, 3.8) is 0 Å². The lowest BCUT2D eigenvalue weighted by Gasteiger charge is -2.15. The minimum Gasteiger partial charge on any atom is -0.493 e. The van der Waals surface area contributed by atoms with Crippen LogP contribution in [0.1, 0.15) is 39.2 Å². The minimum absolute atomic E-state index is 0.143. The van der Waals surface area contributed by atoms with E-state index in [0.717, 1.165) is 59.3 Å². The number of benzene rings is 4. The monoisotopic (exact) mass is 692 g/mol. The number of aryl methyl sites for hydroxylation is 3. The first kappa shape index (κ1) is 32.4. The number of carbonyl (C=O) groups is 1. The lowest BCUT2D eigenvalue weighted by molar-refractivity contribution is -0.387. The number of aromatic nitrogens is 2. The lowest BCUT2D eigenvalue weighted by atomic mass is 9.97. The molecule has 0 saturated carbocycles. The maximum atomic E-state index is 14.2. The molecule has 2 aromatic heterocycles. The molecule has 6 aromatic rings. The fourth-order valence-corrected chi connectivity index (χ4v) is 8.53. The van der Waals surface area contributed by atoms with Crippen molar-refractivity contribution in [2.24, 2.45) is 0 Å². The van der Waals surface area contributed by atoms with Crippen LogP contribution in [0.25, 0.3) is 21.0 Å². The third-order valence-electron chi connectivity index (χ3n) is 8.74. The van der Waals surface area contributed by atoms with Gasteiger partial charge in [-0.1, -0.05) is 36.4 Å². The first-order valence-corrected chi connectivity index (χ1v) is 17.5. The molecule has 1 aliphatic carbocycles. The van der Waals surface area contributed by atoms with Crippen LogP contribution in [0, 0.1) is 10.1 Å². The molecule has 0 atom stereocenters. The number of anilines is 1. The van der Waals surface area contributed by atoms with Crippen LogP contribution in [0.3, 0.4) is 0 Å². The number of ether oxygens (including phenoxy) is 2. The fraction of sp³-hybridized carbons (Fsp3) is 0.216. The van der Waals surface area contributed by atoms with Gasteiger partial charge in [0.25, 0.3) is 17.2 Å². The second-order valence-electron chi connectivity index (χ2n) is 11.7. The molecule has 248 valence electrons. The number of nitrogens with zero attached hydrogens (tertiary/aromatic N) is 3. The van der Waals surface area contributed by atoms with Crippen molar-refractivity contribution >= 4 is 61.4 Å². The summed E-state index contributed by atoms with van der Waals surface area (Å²) in [5, 5.41) is 18.2. The van der Waals surface area contributed by atoms with Crippen molar-refractivity contribution in [3.05, 3.63) is 121 Å². The Morgan fingerprint density at radius 1 is 0.980 bits per heavy atom. The summed E-state index contributed by atoms with van der Waals surface area (Å²) in [6, 6.07) is 23.4. The average Bonchev–Trinajstić information content (AvgIpc) is 3.50. The predicted octanol–water partition coefficient (Wildman–Crippen LogP) is 8.06. The Hall–Kier alpha value is -5.20. The Balaban J connectivity index is 1.23. The zero-order chi connectivity index (χ0) is 34.1. The number of nitro groups is 1. The van der Waals surface area contributed by atoms with E-state index in [4.69, 9.17) is 14.5 Å². The standard InChI is InChI=1S/C37H32N4O6S2/c1-46-29-15-11-22(19-30(29)47-2)17-18-40-36(43)33-27-9-5-6-10-31(27)48-35(33)39-37(40)49-32-16-13-25(21-28(32)41(44)45)34(42)38-26-14-12-23-7-3-4-8-24(23)20-26/h3-4,7-8,11-16,19-21H,5-6,9-10,17-18H2,1-2H3,(H,38,42). The summed E-state index contributed by atoms with van der Waals surface area (Å²) in [6.45, 7) is 0.296. The van der Waals surface area contributed by atoms with Crippen LogP contribution in [-0.4, -0.2) is 34.6 Å². The average molecular weight is 693 g/mol. The largest absolute Gasteiger partial charge is 0.493 e. The number of methoxy groups -OCH3 is 2. The van der Waals surface area contributed by atoms with Gasteiger partial charge in [-0.2, -0.15) is 0 Å². The van der Waals surface area contributed by atoms with Crippen molar-refractivity contribution in [1.29, 1.82) is 0 Å². The molecule has 12 heteroatoms. The summed E-state index contributed by atoms with van der Waals surface area (Å²) in [5.74, 6) is 0.725. The molecular weight excluding hydrogens is 661 g/mol. The zero-order valence-corrected chi connectivity index (χ0v) is 28.5. The van der Waals surface area contributed by atoms with Crippen molar-refractivity contribution in [2.75, 3.05) is 19.5 Å². The highest BCUT2D eigenvalue weighted by Crippen LogP contribution is 2.38. The highest BCUT2D eigenvalue weighted by molar-refractivity contribution is 7.99. The van der Waals surface area contributed by atoms with Crippen LogP contribution < -0.4 is 20.3 Å². The zero-order valence-electron chi connectivity index (χ0n) is 26.9. The van der Waals surface area contributed by atoms with E-state index in [0.29, 0.717) is 45.5 Å². The first-order valence-electron chi connectivity index (χ1n) is 15.9. The van der Waals surface area contributed by atoms with Gasteiger partial charge in [0.05, 0.1) is 29.4 Å². The van der Waals surface area contributed by atoms with Gasteiger partial charge in [-0.25, -0.2) is 4.98 Å². The van der Waals surface area contributed by atoms with Crippen LogP contribution in [0.5, 0.6) is 11.5 Å². The lowest BCUT2D eigenvalue weighted by Crippen LogP contribution is -2.24. The van der Waals surface area contributed by atoms with Gasteiger partial charge in [-0.05, 0) is 102 Å². The van der Waals surface area contributed by atoms with Gasteiger partial charge >= 0.3 is 0 Å². The van der Waals surface area contributed by atoms with Crippen LogP contribution in [0.4, 0.5) is 11.4 Å². The van der Waals surface area contributed by atoms with Gasteiger partial charge in [0.1, 0.15) is 4.83 Å². The third kappa shape index (κ3) is 6.49. The predicted molar refractivity (Wildman–Crippen MR) is 193 cm³/mol. The smallest absolute Gasteiger partial charge is 0.284 e. The van der Waals surface area contributed by atoms with Gasteiger partial charge in [0.2, 0.25) is 0 Å². The Morgan fingerprint density at radius 2 is 1.78 bits per heavy atom. The summed E-state index contributed by atoms with van der Waals surface area (Å²) >= 11 is 2.59. The first-order chi connectivity index (χ1) is 23.8. The van der Waals surface area contributed by atoms with Gasteiger partial charge < -0.3 is 14.8 Å². The van der Waals surface area contributed by atoms with E-state index in [1.54, 1.807) is 37.0 Å². The number of amides is 1. The van der Waals surface area contributed by atoms with Crippen molar-refractivity contribution < 1.29 is 19.2 Å². The van der Waals surface area contributed by atoms with Crippen molar-refractivity contribution in [1.82, 2.24) is 9.55 Å². The molecule has 0 spiro atoms. The molecule has 0 fully saturated rings. The minimum atomic E-state index is -0.510. The number of fused-ring (bicyclic) bond motifs is 4. The number of carbonyl (C=O) groups excluding carboxylic acids is 1. The Kier molecular flexibility index (Phi) is 9.07. The van der Waals surface area contributed by atoms with Crippen LogP contribution >= 0.6 is 23.1 Å². The van der Waals surface area contributed by atoms with Gasteiger partial charge in [-0.15, -0.1) is 11.3 Å². The van der Waals surface area contributed by atoms with Crippen LogP contribution in [0.15, 0.2) is 93.7 Å². The second-order valence-corrected chi connectivity index (χ2v) is 13.8. The molecule has 1 N–H and O–H groups in total. The normalized spacial score (nSPS) is 12.5. The van der Waals surface area contributed by atoms with E-state index in [-0.39, 0.29) is 21.7 Å². The molecule has 0 aliphatic heterocycles. The van der Waals surface area contributed by atoms with Gasteiger partial charge in [0.15, 0.2) is 16.7 Å². The molecule has 49 heavy (non-hydrogen) atoms.